The summed E-state index contributed by atoms with van der Waals surface area (Å²) in [5.74, 6) is 1.91. The SMILES string of the molecule is COCCNC(=O)CNc1cc(Br)nc(C2CC2)n1. The molecule has 1 amide bonds. The molecular weight excluding hydrogens is 312 g/mol. The van der Waals surface area contributed by atoms with Gasteiger partial charge in [-0.25, -0.2) is 9.97 Å². The molecule has 0 unspecified atom stereocenters. The van der Waals surface area contributed by atoms with Crippen LogP contribution in [0, 0.1) is 0 Å². The van der Waals surface area contributed by atoms with Crippen LogP contribution in [0.2, 0.25) is 0 Å². The van der Waals surface area contributed by atoms with Crippen LogP contribution in [-0.2, 0) is 9.53 Å². The van der Waals surface area contributed by atoms with Gasteiger partial charge in [0.15, 0.2) is 0 Å². The zero-order chi connectivity index (χ0) is 13.7. The maximum atomic E-state index is 11.5. The minimum atomic E-state index is -0.0836. The lowest BCUT2D eigenvalue weighted by Gasteiger charge is -2.08. The van der Waals surface area contributed by atoms with E-state index in [-0.39, 0.29) is 12.5 Å². The predicted molar refractivity (Wildman–Crippen MR) is 75.1 cm³/mol. The van der Waals surface area contributed by atoms with Crippen molar-refractivity contribution in [3.8, 4) is 0 Å². The molecule has 1 aromatic heterocycles. The van der Waals surface area contributed by atoms with Gasteiger partial charge in [0, 0.05) is 25.6 Å². The molecule has 7 heteroatoms. The number of hydrogen-bond acceptors (Lipinski definition) is 5. The van der Waals surface area contributed by atoms with Crippen molar-refractivity contribution >= 4 is 27.7 Å². The number of carbonyl (C=O) groups is 1. The fourth-order valence-electron chi connectivity index (χ4n) is 1.58. The van der Waals surface area contributed by atoms with Crippen molar-refractivity contribution in [1.29, 1.82) is 0 Å². The van der Waals surface area contributed by atoms with Gasteiger partial charge in [0.05, 0.1) is 13.2 Å². The van der Waals surface area contributed by atoms with Crippen LogP contribution in [0.25, 0.3) is 0 Å². The van der Waals surface area contributed by atoms with E-state index in [0.29, 0.717) is 24.9 Å². The molecule has 0 aliphatic heterocycles. The van der Waals surface area contributed by atoms with Gasteiger partial charge < -0.3 is 15.4 Å². The van der Waals surface area contributed by atoms with Crippen molar-refractivity contribution in [2.45, 2.75) is 18.8 Å². The van der Waals surface area contributed by atoms with Crippen LogP contribution in [0.1, 0.15) is 24.6 Å². The largest absolute Gasteiger partial charge is 0.383 e. The van der Waals surface area contributed by atoms with E-state index >= 15 is 0 Å². The van der Waals surface area contributed by atoms with E-state index in [0.717, 1.165) is 23.3 Å². The highest BCUT2D eigenvalue weighted by atomic mass is 79.9. The zero-order valence-corrected chi connectivity index (χ0v) is 12.4. The summed E-state index contributed by atoms with van der Waals surface area (Å²) in [4.78, 5) is 20.3. The molecule has 1 aliphatic carbocycles. The van der Waals surface area contributed by atoms with Crippen molar-refractivity contribution < 1.29 is 9.53 Å². The third-order valence-corrected chi connectivity index (χ3v) is 3.12. The minimum Gasteiger partial charge on any atom is -0.383 e. The average molecular weight is 329 g/mol. The molecule has 0 saturated heterocycles. The van der Waals surface area contributed by atoms with Gasteiger partial charge in [0.1, 0.15) is 16.2 Å². The van der Waals surface area contributed by atoms with Crippen molar-refractivity contribution in [2.24, 2.45) is 0 Å². The molecule has 2 N–H and O–H groups in total. The third kappa shape index (κ3) is 4.76. The Hall–Kier alpha value is -1.21. The Morgan fingerprint density at radius 1 is 1.53 bits per heavy atom. The summed E-state index contributed by atoms with van der Waals surface area (Å²) in [5.41, 5.74) is 0. The summed E-state index contributed by atoms with van der Waals surface area (Å²) >= 11 is 3.36. The highest BCUT2D eigenvalue weighted by Gasteiger charge is 2.27. The Morgan fingerprint density at radius 3 is 3.00 bits per heavy atom. The van der Waals surface area contributed by atoms with Crippen LogP contribution >= 0.6 is 15.9 Å². The molecule has 1 aliphatic rings. The Morgan fingerprint density at radius 2 is 2.32 bits per heavy atom. The second kappa shape index (κ2) is 6.81. The first-order valence-electron chi connectivity index (χ1n) is 6.23. The van der Waals surface area contributed by atoms with Gasteiger partial charge in [-0.1, -0.05) is 0 Å². The molecule has 0 atom stereocenters. The maximum Gasteiger partial charge on any atom is 0.239 e. The smallest absolute Gasteiger partial charge is 0.239 e. The molecule has 2 rings (SSSR count). The zero-order valence-electron chi connectivity index (χ0n) is 10.8. The number of carbonyl (C=O) groups excluding carboxylic acids is 1. The van der Waals surface area contributed by atoms with Crippen LogP contribution in [0.15, 0.2) is 10.7 Å². The van der Waals surface area contributed by atoms with Gasteiger partial charge in [-0.05, 0) is 28.8 Å². The first-order valence-corrected chi connectivity index (χ1v) is 7.02. The van der Waals surface area contributed by atoms with Crippen LogP contribution in [-0.4, -0.2) is 42.7 Å². The van der Waals surface area contributed by atoms with Crippen molar-refractivity contribution in [3.63, 3.8) is 0 Å². The molecule has 0 radical (unpaired) electrons. The number of anilines is 1. The molecule has 0 bridgehead atoms. The average Bonchev–Trinajstić information content (AvgIpc) is 3.20. The number of rotatable bonds is 7. The van der Waals surface area contributed by atoms with E-state index in [2.05, 4.69) is 36.5 Å². The fourth-order valence-corrected chi connectivity index (χ4v) is 1.97. The fraction of sp³-hybridized carbons (Fsp3) is 0.583. The summed E-state index contributed by atoms with van der Waals surface area (Å²) in [7, 11) is 1.60. The quantitative estimate of drug-likeness (QED) is 0.582. The highest BCUT2D eigenvalue weighted by molar-refractivity contribution is 9.10. The molecule has 1 saturated carbocycles. The highest BCUT2D eigenvalue weighted by Crippen LogP contribution is 2.38. The number of hydrogen-bond donors (Lipinski definition) is 2. The van der Waals surface area contributed by atoms with E-state index in [4.69, 9.17) is 4.74 Å². The Labute approximate surface area is 120 Å². The molecular formula is C12H17BrN4O2. The number of aromatic nitrogens is 2. The Kier molecular flexibility index (Phi) is 5.09. The first kappa shape index (κ1) is 14.2. The van der Waals surface area contributed by atoms with Crippen molar-refractivity contribution in [2.75, 3.05) is 32.1 Å². The Bertz CT molecular complexity index is 451. The lowest BCUT2D eigenvalue weighted by molar-refractivity contribution is -0.119. The lowest BCUT2D eigenvalue weighted by Crippen LogP contribution is -2.32. The van der Waals surface area contributed by atoms with E-state index in [9.17, 15) is 4.79 Å². The number of amides is 1. The molecule has 104 valence electrons. The normalized spacial score (nSPS) is 14.2. The van der Waals surface area contributed by atoms with Crippen molar-refractivity contribution in [3.05, 3.63) is 16.5 Å². The molecule has 1 heterocycles. The number of ether oxygens (including phenoxy) is 1. The predicted octanol–water partition coefficient (Wildman–Crippen LogP) is 1.29. The standard InChI is InChI=1S/C12H17BrN4O2/c1-19-5-4-14-11(18)7-15-10-6-9(13)16-12(17-10)8-2-3-8/h6,8H,2-5,7H2,1H3,(H,14,18)(H,15,16,17). The molecule has 6 nitrogen and oxygen atoms in total. The molecule has 0 spiro atoms. The number of nitrogens with zero attached hydrogens (tertiary/aromatic N) is 2. The molecule has 0 aromatic carbocycles. The Balaban J connectivity index is 1.83. The monoisotopic (exact) mass is 328 g/mol. The van der Waals surface area contributed by atoms with Gasteiger partial charge in [0.2, 0.25) is 5.91 Å². The van der Waals surface area contributed by atoms with Gasteiger partial charge >= 0.3 is 0 Å². The minimum absolute atomic E-state index is 0.0836. The number of halogens is 1. The van der Waals surface area contributed by atoms with Crippen LogP contribution in [0.5, 0.6) is 0 Å². The molecule has 1 fully saturated rings. The van der Waals surface area contributed by atoms with E-state index in [1.807, 2.05) is 0 Å². The van der Waals surface area contributed by atoms with E-state index in [1.54, 1.807) is 13.2 Å². The summed E-state index contributed by atoms with van der Waals surface area (Å²) in [6, 6.07) is 1.77. The summed E-state index contributed by atoms with van der Waals surface area (Å²) in [5, 5.41) is 5.74. The summed E-state index contributed by atoms with van der Waals surface area (Å²) in [6.45, 7) is 1.21. The van der Waals surface area contributed by atoms with Crippen LogP contribution in [0.4, 0.5) is 5.82 Å². The summed E-state index contributed by atoms with van der Waals surface area (Å²) in [6.07, 6.45) is 2.29. The maximum absolute atomic E-state index is 11.5. The van der Waals surface area contributed by atoms with Crippen LogP contribution < -0.4 is 10.6 Å². The van der Waals surface area contributed by atoms with Gasteiger partial charge in [-0.15, -0.1) is 0 Å². The number of methoxy groups -OCH3 is 1. The molecule has 19 heavy (non-hydrogen) atoms. The van der Waals surface area contributed by atoms with E-state index in [1.165, 1.54) is 0 Å². The van der Waals surface area contributed by atoms with Crippen molar-refractivity contribution in [1.82, 2.24) is 15.3 Å². The third-order valence-electron chi connectivity index (χ3n) is 2.71. The number of nitrogens with one attached hydrogen (secondary N) is 2. The topological polar surface area (TPSA) is 76.1 Å². The molecule has 1 aromatic rings. The second-order valence-corrected chi connectivity index (χ2v) is 5.22. The van der Waals surface area contributed by atoms with Gasteiger partial charge in [0.25, 0.3) is 0 Å². The van der Waals surface area contributed by atoms with Crippen LogP contribution in [0.3, 0.4) is 0 Å². The van der Waals surface area contributed by atoms with Gasteiger partial charge in [-0.3, -0.25) is 4.79 Å². The van der Waals surface area contributed by atoms with E-state index < -0.39 is 0 Å². The van der Waals surface area contributed by atoms with Gasteiger partial charge in [-0.2, -0.15) is 0 Å². The lowest BCUT2D eigenvalue weighted by atomic mass is 10.4. The first-order chi connectivity index (χ1) is 9.19. The second-order valence-electron chi connectivity index (χ2n) is 4.40. The summed E-state index contributed by atoms with van der Waals surface area (Å²) < 4.78 is 5.60.